The number of carbonyl (C=O) groups excluding carboxylic acids is 1. The number of rotatable bonds is 3. The molecule has 2 aromatic carbocycles. The van der Waals surface area contributed by atoms with Gasteiger partial charge < -0.3 is 19.1 Å². The number of halogens is 2. The van der Waals surface area contributed by atoms with Crippen LogP contribution in [0.25, 0.3) is 6.08 Å². The predicted octanol–water partition coefficient (Wildman–Crippen LogP) is 3.82. The first-order chi connectivity index (χ1) is 13.1. The highest BCUT2D eigenvalue weighted by Crippen LogP contribution is 2.40. The van der Waals surface area contributed by atoms with E-state index in [0.29, 0.717) is 36.2 Å². The summed E-state index contributed by atoms with van der Waals surface area (Å²) in [5.41, 5.74) is 1.60. The zero-order valence-electron chi connectivity index (χ0n) is 14.4. The lowest BCUT2D eigenvalue weighted by molar-refractivity contribution is -0.133. The third-order valence-electron chi connectivity index (χ3n) is 4.49. The second kappa shape index (κ2) is 7.58. The number of nitrogens with zero attached hydrogens (tertiary/aromatic N) is 1. The van der Waals surface area contributed by atoms with E-state index >= 15 is 0 Å². The van der Waals surface area contributed by atoms with Crippen molar-refractivity contribution in [1.82, 2.24) is 4.90 Å². The molecule has 2 aromatic rings. The minimum absolute atomic E-state index is 0.126. The summed E-state index contributed by atoms with van der Waals surface area (Å²) in [5, 5.41) is 0.444. The van der Waals surface area contributed by atoms with Crippen LogP contribution in [0.15, 0.2) is 42.5 Å². The largest absolute Gasteiger partial charge is 0.454 e. The molecule has 1 amide bonds. The Bertz CT molecular complexity index is 884. The number of morpholine rings is 1. The van der Waals surface area contributed by atoms with Crippen LogP contribution in [0, 0.1) is 5.82 Å². The average molecular weight is 390 g/mol. The van der Waals surface area contributed by atoms with Crippen LogP contribution in [0.4, 0.5) is 4.39 Å². The molecule has 0 saturated carbocycles. The van der Waals surface area contributed by atoms with Crippen LogP contribution in [0.1, 0.15) is 17.2 Å². The molecule has 0 N–H and O–H groups in total. The average Bonchev–Trinajstić information content (AvgIpc) is 3.16. The maximum atomic E-state index is 13.1. The first kappa shape index (κ1) is 17.8. The molecule has 4 rings (SSSR count). The number of amides is 1. The minimum atomic E-state index is -0.298. The number of hydrogen-bond acceptors (Lipinski definition) is 4. The first-order valence-corrected chi connectivity index (χ1v) is 8.91. The third-order valence-corrected chi connectivity index (χ3v) is 4.77. The van der Waals surface area contributed by atoms with Crippen LogP contribution >= 0.6 is 11.6 Å². The zero-order valence-corrected chi connectivity index (χ0v) is 15.1. The summed E-state index contributed by atoms with van der Waals surface area (Å²) in [7, 11) is 0. The van der Waals surface area contributed by atoms with Gasteiger partial charge in [0.05, 0.1) is 18.2 Å². The maximum absolute atomic E-state index is 13.1. The molecule has 0 aromatic heterocycles. The van der Waals surface area contributed by atoms with Crippen molar-refractivity contribution >= 4 is 23.6 Å². The Morgan fingerprint density at radius 1 is 1.22 bits per heavy atom. The van der Waals surface area contributed by atoms with Gasteiger partial charge in [-0.15, -0.1) is 0 Å². The summed E-state index contributed by atoms with van der Waals surface area (Å²) in [5.74, 6) is 0.667. The molecule has 0 radical (unpaired) electrons. The van der Waals surface area contributed by atoms with Gasteiger partial charge in [-0.25, -0.2) is 4.39 Å². The maximum Gasteiger partial charge on any atom is 0.246 e. The first-order valence-electron chi connectivity index (χ1n) is 8.53. The zero-order chi connectivity index (χ0) is 18.8. The Hall–Kier alpha value is -2.57. The van der Waals surface area contributed by atoms with Gasteiger partial charge in [0.15, 0.2) is 11.5 Å². The number of ether oxygens (including phenoxy) is 3. The van der Waals surface area contributed by atoms with Gasteiger partial charge in [0.25, 0.3) is 0 Å². The summed E-state index contributed by atoms with van der Waals surface area (Å²) >= 11 is 6.16. The molecule has 2 aliphatic heterocycles. The van der Waals surface area contributed by atoms with E-state index in [4.69, 9.17) is 25.8 Å². The second-order valence-electron chi connectivity index (χ2n) is 6.27. The molecule has 1 fully saturated rings. The van der Waals surface area contributed by atoms with Gasteiger partial charge in [0.1, 0.15) is 11.9 Å². The van der Waals surface area contributed by atoms with E-state index in [-0.39, 0.29) is 24.6 Å². The molecule has 1 unspecified atom stereocenters. The van der Waals surface area contributed by atoms with Crippen molar-refractivity contribution in [2.24, 2.45) is 0 Å². The molecule has 27 heavy (non-hydrogen) atoms. The topological polar surface area (TPSA) is 48.0 Å². The Balaban J connectivity index is 1.44. The van der Waals surface area contributed by atoms with Crippen molar-refractivity contribution in [3.63, 3.8) is 0 Å². The van der Waals surface area contributed by atoms with Crippen molar-refractivity contribution in [3.8, 4) is 11.5 Å². The van der Waals surface area contributed by atoms with Crippen LogP contribution < -0.4 is 9.47 Å². The predicted molar refractivity (Wildman–Crippen MR) is 98.3 cm³/mol. The third kappa shape index (κ3) is 3.91. The van der Waals surface area contributed by atoms with Crippen LogP contribution in [-0.2, 0) is 9.53 Å². The van der Waals surface area contributed by atoms with Gasteiger partial charge in [-0.05, 0) is 41.5 Å². The van der Waals surface area contributed by atoms with Gasteiger partial charge in [0.2, 0.25) is 12.7 Å². The minimum Gasteiger partial charge on any atom is -0.454 e. The molecule has 2 heterocycles. The summed E-state index contributed by atoms with van der Waals surface area (Å²) in [6.45, 7) is 1.48. The van der Waals surface area contributed by atoms with E-state index in [0.717, 1.165) is 11.1 Å². The fourth-order valence-electron chi connectivity index (χ4n) is 3.09. The Morgan fingerprint density at radius 2 is 2.04 bits per heavy atom. The van der Waals surface area contributed by atoms with E-state index in [2.05, 4.69) is 0 Å². The van der Waals surface area contributed by atoms with Gasteiger partial charge in [0, 0.05) is 12.6 Å². The summed E-state index contributed by atoms with van der Waals surface area (Å²) < 4.78 is 29.4. The fourth-order valence-corrected chi connectivity index (χ4v) is 3.36. The van der Waals surface area contributed by atoms with E-state index < -0.39 is 0 Å². The number of carbonyl (C=O) groups is 1. The Labute approximate surface area is 160 Å². The lowest BCUT2D eigenvalue weighted by atomic mass is 10.1. The van der Waals surface area contributed by atoms with Crippen LogP contribution in [0.2, 0.25) is 5.02 Å². The molecule has 0 spiro atoms. The molecule has 1 saturated heterocycles. The van der Waals surface area contributed by atoms with Gasteiger partial charge in [-0.2, -0.15) is 0 Å². The molecule has 1 atom stereocenters. The fraction of sp³-hybridized carbons (Fsp3) is 0.250. The molecule has 5 nitrogen and oxygen atoms in total. The molecular weight excluding hydrogens is 373 g/mol. The van der Waals surface area contributed by atoms with Crippen molar-refractivity contribution in [3.05, 3.63) is 64.4 Å². The van der Waals surface area contributed by atoms with Crippen molar-refractivity contribution in [2.75, 3.05) is 26.5 Å². The molecule has 0 aliphatic carbocycles. The monoisotopic (exact) mass is 389 g/mol. The van der Waals surface area contributed by atoms with E-state index in [1.54, 1.807) is 35.2 Å². The molecular formula is C20H17ClFNO4. The SMILES string of the molecule is O=C(/C=C/c1cc(Cl)c2c(c1)OCO2)N1CCOC(c2ccc(F)cc2)C1. The van der Waals surface area contributed by atoms with Crippen LogP contribution in [-0.4, -0.2) is 37.3 Å². The quantitative estimate of drug-likeness (QED) is 0.749. The highest BCUT2D eigenvalue weighted by Gasteiger charge is 2.24. The van der Waals surface area contributed by atoms with Crippen LogP contribution in [0.3, 0.4) is 0 Å². The molecule has 0 bridgehead atoms. The smallest absolute Gasteiger partial charge is 0.246 e. The van der Waals surface area contributed by atoms with Crippen molar-refractivity contribution < 1.29 is 23.4 Å². The lowest BCUT2D eigenvalue weighted by Gasteiger charge is -2.32. The van der Waals surface area contributed by atoms with E-state index in [1.165, 1.54) is 18.2 Å². The number of hydrogen-bond donors (Lipinski definition) is 0. The van der Waals surface area contributed by atoms with Crippen molar-refractivity contribution in [1.29, 1.82) is 0 Å². The lowest BCUT2D eigenvalue weighted by Crippen LogP contribution is -2.41. The van der Waals surface area contributed by atoms with E-state index in [9.17, 15) is 9.18 Å². The molecule has 7 heteroatoms. The van der Waals surface area contributed by atoms with Crippen molar-refractivity contribution in [2.45, 2.75) is 6.10 Å². The summed E-state index contributed by atoms with van der Waals surface area (Å²) in [4.78, 5) is 14.3. The normalized spacial score (nSPS) is 18.9. The highest BCUT2D eigenvalue weighted by atomic mass is 35.5. The summed E-state index contributed by atoms with van der Waals surface area (Å²) in [6.07, 6.45) is 2.93. The standard InChI is InChI=1S/C20H17ClFNO4/c21-16-9-13(10-17-20(16)27-12-26-17)1-6-19(24)23-7-8-25-18(11-23)14-2-4-15(22)5-3-14/h1-6,9-10,18H,7-8,11-12H2/b6-1+. The highest BCUT2D eigenvalue weighted by molar-refractivity contribution is 6.32. The number of benzene rings is 2. The van der Waals surface area contributed by atoms with Gasteiger partial charge in [-0.1, -0.05) is 23.7 Å². The Kier molecular flexibility index (Phi) is 5.01. The Morgan fingerprint density at radius 3 is 2.85 bits per heavy atom. The second-order valence-corrected chi connectivity index (χ2v) is 6.67. The van der Waals surface area contributed by atoms with Gasteiger partial charge in [-0.3, -0.25) is 4.79 Å². The number of fused-ring (bicyclic) bond motifs is 1. The molecule has 140 valence electrons. The molecule has 2 aliphatic rings. The van der Waals surface area contributed by atoms with Gasteiger partial charge >= 0.3 is 0 Å². The van der Waals surface area contributed by atoms with E-state index in [1.807, 2.05) is 0 Å². The van der Waals surface area contributed by atoms with Crippen LogP contribution in [0.5, 0.6) is 11.5 Å². The summed E-state index contributed by atoms with van der Waals surface area (Å²) in [6, 6.07) is 9.64.